The Morgan fingerprint density at radius 1 is 0.980 bits per heavy atom. The lowest BCUT2D eigenvalue weighted by Gasteiger charge is -2.19. The Hall–Kier alpha value is -5.56. The molecule has 0 aliphatic heterocycles. The van der Waals surface area contributed by atoms with Crippen LogP contribution in [0.25, 0.3) is 33.3 Å². The van der Waals surface area contributed by atoms with Gasteiger partial charge < -0.3 is 39.9 Å². The number of ether oxygens (including phenoxy) is 4. The third-order valence-corrected chi connectivity index (χ3v) is 9.77. The molecule has 2 aromatic heterocycles. The van der Waals surface area contributed by atoms with Crippen LogP contribution < -0.4 is 40.3 Å². The number of nitrogens with zero attached hydrogens (tertiary/aromatic N) is 1. The predicted molar refractivity (Wildman–Crippen MR) is 200 cm³/mol. The van der Waals surface area contributed by atoms with Crippen molar-refractivity contribution in [1.29, 1.82) is 0 Å². The molecule has 13 heteroatoms. The molecule has 1 aliphatic carbocycles. The van der Waals surface area contributed by atoms with Gasteiger partial charge in [-0.2, -0.15) is 0 Å². The van der Waals surface area contributed by atoms with E-state index in [1.54, 1.807) is 40.6 Å². The number of methoxy groups -OCH3 is 4. The van der Waals surface area contributed by atoms with Crippen molar-refractivity contribution in [3.05, 3.63) is 74.9 Å². The summed E-state index contributed by atoms with van der Waals surface area (Å²) < 4.78 is 22.5. The molecule has 0 saturated heterocycles. The van der Waals surface area contributed by atoms with Crippen molar-refractivity contribution < 1.29 is 28.5 Å². The number of anilines is 2. The topological polar surface area (TPSA) is 153 Å². The number of rotatable bonds is 12. The quantitative estimate of drug-likeness (QED) is 0.105. The molecule has 4 N–H and O–H groups in total. The summed E-state index contributed by atoms with van der Waals surface area (Å²) in [5.41, 5.74) is 6.98. The smallest absolute Gasteiger partial charge is 0.226 e. The highest BCUT2D eigenvalue weighted by Gasteiger charge is 2.29. The number of aryl methyl sites for hydroxylation is 2. The fourth-order valence-corrected chi connectivity index (χ4v) is 7.43. The van der Waals surface area contributed by atoms with E-state index in [0.717, 1.165) is 50.3 Å². The van der Waals surface area contributed by atoms with Gasteiger partial charge in [0.1, 0.15) is 5.75 Å². The summed E-state index contributed by atoms with van der Waals surface area (Å²) in [6.45, 7) is 3.84. The van der Waals surface area contributed by atoms with E-state index in [4.69, 9.17) is 18.9 Å². The van der Waals surface area contributed by atoms with Crippen LogP contribution in [0.5, 0.6) is 23.0 Å². The van der Waals surface area contributed by atoms with Crippen LogP contribution in [0.15, 0.2) is 52.6 Å². The van der Waals surface area contributed by atoms with Crippen LogP contribution in [0.3, 0.4) is 0 Å². The molecule has 3 aromatic carbocycles. The number of amides is 2. The number of carbonyl (C=O) groups is 2. The highest BCUT2D eigenvalue weighted by molar-refractivity contribution is 7.14. The SMILES string of the molecule is COc1ccc2[nH]c(C)c(-c3csc(NC(=O)CCCNc4ccc5c(cc4=O)C(NC(C)=O)CCc4cc(OC)c(OC)c(OC)c4-5)n3)c2c1. The molecule has 2 amide bonds. The molecule has 1 unspecified atom stereocenters. The van der Waals surface area contributed by atoms with E-state index >= 15 is 0 Å². The fourth-order valence-electron chi connectivity index (χ4n) is 6.72. The Labute approximate surface area is 299 Å². The normalized spacial score (nSPS) is 13.4. The maximum absolute atomic E-state index is 13.6. The highest BCUT2D eigenvalue weighted by atomic mass is 32.1. The number of aromatic amines is 1. The minimum atomic E-state index is -0.405. The second-order valence-electron chi connectivity index (χ2n) is 12.2. The Morgan fingerprint density at radius 2 is 1.78 bits per heavy atom. The number of hydrogen-bond acceptors (Lipinski definition) is 10. The van der Waals surface area contributed by atoms with E-state index in [2.05, 4.69) is 25.9 Å². The molecule has 6 rings (SSSR count). The van der Waals surface area contributed by atoms with Crippen molar-refractivity contribution in [3.8, 4) is 45.4 Å². The first-order chi connectivity index (χ1) is 24.6. The first-order valence-electron chi connectivity index (χ1n) is 16.6. The molecule has 0 fully saturated rings. The van der Waals surface area contributed by atoms with Gasteiger partial charge in [0.15, 0.2) is 16.6 Å². The zero-order valence-electron chi connectivity index (χ0n) is 29.4. The average molecular weight is 712 g/mol. The lowest BCUT2D eigenvalue weighted by atomic mass is 9.95. The van der Waals surface area contributed by atoms with E-state index < -0.39 is 6.04 Å². The number of fused-ring (bicyclic) bond motifs is 4. The van der Waals surface area contributed by atoms with Crippen molar-refractivity contribution in [2.45, 2.75) is 45.6 Å². The lowest BCUT2D eigenvalue weighted by Crippen LogP contribution is -2.26. The summed E-state index contributed by atoms with van der Waals surface area (Å²) in [6.07, 6.45) is 1.88. The van der Waals surface area contributed by atoms with Crippen LogP contribution in [0, 0.1) is 6.92 Å². The third kappa shape index (κ3) is 7.20. The number of thiazole rings is 1. The van der Waals surface area contributed by atoms with Crippen LogP contribution in [0.1, 0.15) is 49.0 Å². The molecule has 0 radical (unpaired) electrons. The van der Waals surface area contributed by atoms with Gasteiger partial charge in [0.2, 0.25) is 23.0 Å². The Balaban J connectivity index is 1.17. The zero-order valence-corrected chi connectivity index (χ0v) is 30.3. The van der Waals surface area contributed by atoms with Gasteiger partial charge in [-0.05, 0) is 79.3 Å². The van der Waals surface area contributed by atoms with Crippen LogP contribution in [0.2, 0.25) is 0 Å². The van der Waals surface area contributed by atoms with Gasteiger partial charge in [-0.1, -0.05) is 6.07 Å². The average Bonchev–Trinajstić information content (AvgIpc) is 3.62. The summed E-state index contributed by atoms with van der Waals surface area (Å²) >= 11 is 1.36. The van der Waals surface area contributed by atoms with Gasteiger partial charge in [-0.15, -0.1) is 11.3 Å². The van der Waals surface area contributed by atoms with Crippen molar-refractivity contribution in [2.24, 2.45) is 0 Å². The largest absolute Gasteiger partial charge is 0.497 e. The van der Waals surface area contributed by atoms with Crippen molar-refractivity contribution in [1.82, 2.24) is 15.3 Å². The van der Waals surface area contributed by atoms with Crippen molar-refractivity contribution in [2.75, 3.05) is 45.6 Å². The predicted octanol–water partition coefficient (Wildman–Crippen LogP) is 6.62. The van der Waals surface area contributed by atoms with E-state index in [1.807, 2.05) is 42.6 Å². The third-order valence-electron chi connectivity index (χ3n) is 9.01. The van der Waals surface area contributed by atoms with E-state index in [-0.39, 0.29) is 23.7 Å². The van der Waals surface area contributed by atoms with Crippen LogP contribution in [-0.4, -0.2) is 56.8 Å². The van der Waals surface area contributed by atoms with Gasteiger partial charge in [0.05, 0.1) is 45.9 Å². The molecule has 5 aromatic rings. The maximum Gasteiger partial charge on any atom is 0.226 e. The molecule has 51 heavy (non-hydrogen) atoms. The number of benzene rings is 2. The lowest BCUT2D eigenvalue weighted by molar-refractivity contribution is -0.119. The summed E-state index contributed by atoms with van der Waals surface area (Å²) in [5, 5.41) is 12.6. The van der Waals surface area contributed by atoms with Crippen LogP contribution in [-0.2, 0) is 16.0 Å². The van der Waals surface area contributed by atoms with Gasteiger partial charge in [-0.3, -0.25) is 14.4 Å². The Bertz CT molecular complexity index is 2180. The molecule has 0 spiro atoms. The van der Waals surface area contributed by atoms with Crippen molar-refractivity contribution in [3.63, 3.8) is 0 Å². The van der Waals surface area contributed by atoms with Gasteiger partial charge in [0.25, 0.3) is 0 Å². The van der Waals surface area contributed by atoms with E-state index in [0.29, 0.717) is 59.4 Å². The van der Waals surface area contributed by atoms with Gasteiger partial charge >= 0.3 is 0 Å². The number of H-pyrrole nitrogens is 1. The molecular weight excluding hydrogens is 671 g/mol. The number of carbonyl (C=O) groups excluding carboxylic acids is 2. The first-order valence-corrected chi connectivity index (χ1v) is 17.5. The second-order valence-corrected chi connectivity index (χ2v) is 13.1. The van der Waals surface area contributed by atoms with E-state index in [9.17, 15) is 14.4 Å². The molecule has 1 atom stereocenters. The molecule has 1 aliphatic rings. The van der Waals surface area contributed by atoms with Crippen LogP contribution >= 0.6 is 11.3 Å². The summed E-state index contributed by atoms with van der Waals surface area (Å²) in [7, 11) is 6.32. The fraction of sp³-hybridized carbons (Fsp3) is 0.316. The molecule has 0 bridgehead atoms. The number of nitrogens with one attached hydrogen (secondary N) is 4. The molecule has 0 saturated carbocycles. The van der Waals surface area contributed by atoms with Gasteiger partial charge in [0, 0.05) is 53.0 Å². The molecule has 266 valence electrons. The van der Waals surface area contributed by atoms with Gasteiger partial charge in [-0.25, -0.2) is 4.98 Å². The Morgan fingerprint density at radius 3 is 2.51 bits per heavy atom. The summed E-state index contributed by atoms with van der Waals surface area (Å²) in [4.78, 5) is 46.8. The monoisotopic (exact) mass is 711 g/mol. The minimum absolute atomic E-state index is 0.172. The standard InChI is InChI=1S/C38H41N5O7S/c1-20-34(26-17-23(47-3)10-13-28(26)40-20)30-19-51-38(42-30)43-33(46)8-7-15-39-29-14-11-24-25(18-31(29)45)27(41-21(2)44)12-9-22-16-32(48-4)36(49-5)37(50-6)35(22)24/h10-11,13-14,16-19,27,40H,7-9,12,15H2,1-6H3,(H,39,45)(H,41,44)(H,42,43,46). The van der Waals surface area contributed by atoms with Crippen LogP contribution in [0.4, 0.5) is 10.8 Å². The molecular formula is C38H41N5O7S. The number of hydrogen-bond donors (Lipinski definition) is 4. The second kappa shape index (κ2) is 15.1. The number of aromatic nitrogens is 2. The molecule has 12 nitrogen and oxygen atoms in total. The highest BCUT2D eigenvalue weighted by Crippen LogP contribution is 2.50. The molecule has 2 heterocycles. The summed E-state index contributed by atoms with van der Waals surface area (Å²) in [5.74, 6) is 1.84. The zero-order chi connectivity index (χ0) is 36.2. The Kier molecular flexibility index (Phi) is 10.5. The van der Waals surface area contributed by atoms with Crippen molar-refractivity contribution >= 4 is 44.9 Å². The summed E-state index contributed by atoms with van der Waals surface area (Å²) in [6, 6.07) is 12.5. The minimum Gasteiger partial charge on any atom is -0.497 e. The first kappa shape index (κ1) is 35.3. The van der Waals surface area contributed by atoms with E-state index in [1.165, 1.54) is 18.3 Å². The maximum atomic E-state index is 13.6.